The zero-order valence-corrected chi connectivity index (χ0v) is 23.2. The Morgan fingerprint density at radius 1 is 0.686 bits per heavy atom. The van der Waals surface area contributed by atoms with Gasteiger partial charge in [0.25, 0.3) is 0 Å². The number of rotatable bonds is 26. The van der Waals surface area contributed by atoms with E-state index in [1.807, 2.05) is 0 Å². The van der Waals surface area contributed by atoms with Crippen LogP contribution < -0.4 is 5.32 Å². The molecule has 0 heterocycles. The molecule has 5 heteroatoms. The molecule has 3 atom stereocenters. The lowest BCUT2D eigenvalue weighted by Crippen LogP contribution is -2.50. The number of hydrogen-bond acceptors (Lipinski definition) is 4. The maximum absolute atomic E-state index is 12.2. The Labute approximate surface area is 217 Å². The summed E-state index contributed by atoms with van der Waals surface area (Å²) < 4.78 is 0. The molecule has 0 saturated heterocycles. The standard InChI is InChI=1S/C30H59NO4/c1-3-5-7-9-11-13-14-15-17-19-21-23-25-29(34)31-27(26-32)30(35)28(33)24-22-20-18-16-12-10-8-6-4-2/h11,13,27-28,30,32-33,35H,3-10,12,14-26H2,1-2H3,(H,31,34)/b13-11-. The lowest BCUT2D eigenvalue weighted by molar-refractivity contribution is -0.124. The van der Waals surface area contributed by atoms with Crippen molar-refractivity contribution in [3.63, 3.8) is 0 Å². The third kappa shape index (κ3) is 22.0. The topological polar surface area (TPSA) is 89.8 Å². The van der Waals surface area contributed by atoms with Gasteiger partial charge >= 0.3 is 0 Å². The summed E-state index contributed by atoms with van der Waals surface area (Å²) in [4.78, 5) is 12.2. The molecule has 0 aromatic carbocycles. The van der Waals surface area contributed by atoms with Gasteiger partial charge in [-0.3, -0.25) is 4.79 Å². The highest BCUT2D eigenvalue weighted by Gasteiger charge is 2.26. The van der Waals surface area contributed by atoms with Gasteiger partial charge in [-0.25, -0.2) is 0 Å². The number of aliphatic hydroxyl groups is 3. The Bertz CT molecular complexity index is 483. The molecule has 0 aliphatic rings. The van der Waals surface area contributed by atoms with Crippen molar-refractivity contribution < 1.29 is 20.1 Å². The van der Waals surface area contributed by atoms with Crippen LogP contribution in [0.5, 0.6) is 0 Å². The van der Waals surface area contributed by atoms with Crippen molar-refractivity contribution in [3.05, 3.63) is 12.2 Å². The fourth-order valence-electron chi connectivity index (χ4n) is 4.45. The van der Waals surface area contributed by atoms with Gasteiger partial charge in [0, 0.05) is 6.42 Å². The minimum absolute atomic E-state index is 0.159. The number of unbranched alkanes of at least 4 members (excludes halogenated alkanes) is 16. The van der Waals surface area contributed by atoms with Crippen LogP contribution in [0.3, 0.4) is 0 Å². The van der Waals surface area contributed by atoms with Crippen molar-refractivity contribution in [1.82, 2.24) is 5.32 Å². The van der Waals surface area contributed by atoms with Gasteiger partial charge in [0.1, 0.15) is 6.10 Å². The van der Waals surface area contributed by atoms with Gasteiger partial charge in [-0.05, 0) is 38.5 Å². The van der Waals surface area contributed by atoms with E-state index in [4.69, 9.17) is 0 Å². The smallest absolute Gasteiger partial charge is 0.220 e. The summed E-state index contributed by atoms with van der Waals surface area (Å²) in [6.07, 6.45) is 25.8. The Morgan fingerprint density at radius 2 is 1.14 bits per heavy atom. The molecule has 0 aliphatic carbocycles. The Hall–Kier alpha value is -0.910. The fraction of sp³-hybridized carbons (Fsp3) is 0.900. The summed E-state index contributed by atoms with van der Waals surface area (Å²) >= 11 is 0. The Balaban J connectivity index is 3.79. The van der Waals surface area contributed by atoms with E-state index in [0.717, 1.165) is 44.9 Å². The van der Waals surface area contributed by atoms with E-state index in [9.17, 15) is 20.1 Å². The quantitative estimate of drug-likeness (QED) is 0.0767. The van der Waals surface area contributed by atoms with Crippen LogP contribution in [0.25, 0.3) is 0 Å². The summed E-state index contributed by atoms with van der Waals surface area (Å²) in [6, 6.07) is -0.805. The van der Waals surface area contributed by atoms with Crippen molar-refractivity contribution in [2.45, 2.75) is 167 Å². The third-order valence-corrected chi connectivity index (χ3v) is 6.87. The highest BCUT2D eigenvalue weighted by atomic mass is 16.3. The first-order chi connectivity index (χ1) is 17.1. The molecule has 0 aliphatic heterocycles. The molecular weight excluding hydrogens is 438 g/mol. The first kappa shape index (κ1) is 34.1. The maximum atomic E-state index is 12.2. The lowest BCUT2D eigenvalue weighted by Gasteiger charge is -2.26. The highest BCUT2D eigenvalue weighted by Crippen LogP contribution is 2.14. The molecule has 208 valence electrons. The first-order valence-corrected chi connectivity index (χ1v) is 15.0. The summed E-state index contributed by atoms with van der Waals surface area (Å²) in [5, 5.41) is 33.0. The van der Waals surface area contributed by atoms with Gasteiger partial charge in [-0.1, -0.05) is 116 Å². The van der Waals surface area contributed by atoms with E-state index in [1.54, 1.807) is 0 Å². The molecule has 0 fully saturated rings. The van der Waals surface area contributed by atoms with Crippen LogP contribution >= 0.6 is 0 Å². The van der Waals surface area contributed by atoms with Crippen molar-refractivity contribution in [3.8, 4) is 0 Å². The molecule has 1 amide bonds. The molecule has 5 nitrogen and oxygen atoms in total. The van der Waals surface area contributed by atoms with Crippen LogP contribution in [0.4, 0.5) is 0 Å². The monoisotopic (exact) mass is 497 g/mol. The van der Waals surface area contributed by atoms with Gasteiger partial charge in [0.05, 0.1) is 18.8 Å². The number of aliphatic hydroxyl groups excluding tert-OH is 3. The van der Waals surface area contributed by atoms with Gasteiger partial charge in [0.15, 0.2) is 0 Å². The number of amides is 1. The minimum Gasteiger partial charge on any atom is -0.394 e. The highest BCUT2D eigenvalue weighted by molar-refractivity contribution is 5.76. The summed E-state index contributed by atoms with van der Waals surface area (Å²) in [6.45, 7) is 4.09. The van der Waals surface area contributed by atoms with Crippen molar-refractivity contribution in [2.75, 3.05) is 6.61 Å². The average Bonchev–Trinajstić information content (AvgIpc) is 2.86. The van der Waals surface area contributed by atoms with Crippen molar-refractivity contribution in [2.24, 2.45) is 0 Å². The number of hydrogen-bond donors (Lipinski definition) is 4. The molecule has 0 saturated carbocycles. The molecule has 0 rings (SSSR count). The predicted octanol–water partition coefficient (Wildman–Crippen LogP) is 6.97. The molecule has 0 spiro atoms. The number of allylic oxidation sites excluding steroid dienone is 2. The zero-order valence-electron chi connectivity index (χ0n) is 23.2. The lowest BCUT2D eigenvalue weighted by atomic mass is 9.99. The maximum Gasteiger partial charge on any atom is 0.220 e. The van der Waals surface area contributed by atoms with E-state index >= 15 is 0 Å². The zero-order chi connectivity index (χ0) is 26.0. The van der Waals surface area contributed by atoms with E-state index in [2.05, 4.69) is 31.3 Å². The molecule has 4 N–H and O–H groups in total. The summed E-state index contributed by atoms with van der Waals surface area (Å²) in [5.74, 6) is -0.159. The number of carbonyl (C=O) groups excluding carboxylic acids is 1. The van der Waals surface area contributed by atoms with E-state index in [-0.39, 0.29) is 12.5 Å². The van der Waals surface area contributed by atoms with E-state index < -0.39 is 18.2 Å². The number of nitrogens with one attached hydrogen (secondary N) is 1. The second-order valence-electron chi connectivity index (χ2n) is 10.3. The van der Waals surface area contributed by atoms with Gasteiger partial charge in [-0.15, -0.1) is 0 Å². The van der Waals surface area contributed by atoms with E-state index in [1.165, 1.54) is 77.0 Å². The molecule has 0 radical (unpaired) electrons. The Morgan fingerprint density at radius 3 is 1.71 bits per heavy atom. The molecule has 0 aromatic heterocycles. The van der Waals surface area contributed by atoms with Crippen LogP contribution in [-0.4, -0.2) is 46.1 Å². The van der Waals surface area contributed by atoms with Crippen LogP contribution in [0, 0.1) is 0 Å². The molecule has 35 heavy (non-hydrogen) atoms. The van der Waals surface area contributed by atoms with E-state index in [0.29, 0.717) is 12.8 Å². The average molecular weight is 498 g/mol. The van der Waals surface area contributed by atoms with Crippen molar-refractivity contribution in [1.29, 1.82) is 0 Å². The molecular formula is C30H59NO4. The molecule has 0 bridgehead atoms. The van der Waals surface area contributed by atoms with Gasteiger partial charge in [0.2, 0.25) is 5.91 Å². The molecule has 3 unspecified atom stereocenters. The largest absolute Gasteiger partial charge is 0.394 e. The Kier molecular flexibility index (Phi) is 25.5. The summed E-state index contributed by atoms with van der Waals surface area (Å²) in [5.41, 5.74) is 0. The number of carbonyl (C=O) groups is 1. The first-order valence-electron chi connectivity index (χ1n) is 15.0. The molecule has 0 aromatic rings. The van der Waals surface area contributed by atoms with Crippen LogP contribution in [0.15, 0.2) is 12.2 Å². The predicted molar refractivity (Wildman–Crippen MR) is 148 cm³/mol. The normalized spacial score (nSPS) is 14.3. The van der Waals surface area contributed by atoms with Gasteiger partial charge < -0.3 is 20.6 Å². The second-order valence-corrected chi connectivity index (χ2v) is 10.3. The summed E-state index contributed by atoms with van der Waals surface area (Å²) in [7, 11) is 0. The SMILES string of the molecule is CCCCC/C=C\CCCCCCCC(=O)NC(CO)C(O)C(O)CCCCCCCCCCC. The van der Waals surface area contributed by atoms with Crippen LogP contribution in [-0.2, 0) is 4.79 Å². The minimum atomic E-state index is -1.13. The van der Waals surface area contributed by atoms with Crippen LogP contribution in [0.2, 0.25) is 0 Å². The van der Waals surface area contributed by atoms with Crippen LogP contribution in [0.1, 0.15) is 149 Å². The third-order valence-electron chi connectivity index (χ3n) is 6.87. The van der Waals surface area contributed by atoms with Crippen molar-refractivity contribution >= 4 is 5.91 Å². The fourth-order valence-corrected chi connectivity index (χ4v) is 4.45. The second kappa shape index (κ2) is 26.2. The van der Waals surface area contributed by atoms with Gasteiger partial charge in [-0.2, -0.15) is 0 Å².